The molecule has 1 aromatic heterocycles. The molecule has 0 saturated carbocycles. The zero-order valence-corrected chi connectivity index (χ0v) is 11.2. The molecule has 3 nitrogen and oxygen atoms in total. The van der Waals surface area contributed by atoms with Crippen molar-refractivity contribution in [2.75, 3.05) is 0 Å². The van der Waals surface area contributed by atoms with Crippen molar-refractivity contribution in [2.45, 2.75) is 13.0 Å². The molecule has 4 heteroatoms. The summed E-state index contributed by atoms with van der Waals surface area (Å²) in [5, 5.41) is 1.04. The number of hydrogen-bond donors (Lipinski definition) is 3. The van der Waals surface area contributed by atoms with Gasteiger partial charge in [-0.2, -0.15) is 0 Å². The number of hydrazine groups is 1. The van der Waals surface area contributed by atoms with E-state index in [4.69, 9.17) is 5.84 Å². The van der Waals surface area contributed by atoms with E-state index in [0.29, 0.717) is 5.56 Å². The van der Waals surface area contributed by atoms with Crippen LogP contribution in [0.1, 0.15) is 22.7 Å². The van der Waals surface area contributed by atoms with Gasteiger partial charge < -0.3 is 4.98 Å². The lowest BCUT2D eigenvalue weighted by Crippen LogP contribution is -2.29. The van der Waals surface area contributed by atoms with Gasteiger partial charge in [0.25, 0.3) is 0 Å². The third-order valence-corrected chi connectivity index (χ3v) is 3.56. The van der Waals surface area contributed by atoms with Crippen LogP contribution in [0.25, 0.3) is 10.9 Å². The Kier molecular flexibility index (Phi) is 3.26. The van der Waals surface area contributed by atoms with Gasteiger partial charge >= 0.3 is 0 Å². The minimum atomic E-state index is -0.383. The largest absolute Gasteiger partial charge is 0.361 e. The van der Waals surface area contributed by atoms with E-state index in [0.717, 1.165) is 22.0 Å². The van der Waals surface area contributed by atoms with Crippen molar-refractivity contribution in [2.24, 2.45) is 5.84 Å². The summed E-state index contributed by atoms with van der Waals surface area (Å²) in [6.45, 7) is 1.94. The molecule has 3 rings (SSSR count). The Morgan fingerprint density at radius 3 is 2.75 bits per heavy atom. The molecule has 0 spiro atoms. The zero-order valence-electron chi connectivity index (χ0n) is 11.2. The van der Waals surface area contributed by atoms with Gasteiger partial charge in [-0.15, -0.1) is 0 Å². The molecule has 0 bridgehead atoms. The first kappa shape index (κ1) is 12.8. The highest BCUT2D eigenvalue weighted by Gasteiger charge is 2.19. The van der Waals surface area contributed by atoms with Crippen LogP contribution in [0.3, 0.4) is 0 Å². The summed E-state index contributed by atoms with van der Waals surface area (Å²) >= 11 is 0. The third-order valence-electron chi connectivity index (χ3n) is 3.56. The molecular formula is C16H16FN3. The lowest BCUT2D eigenvalue weighted by molar-refractivity contribution is 0.561. The average molecular weight is 269 g/mol. The molecule has 0 aliphatic rings. The molecule has 1 atom stereocenters. The van der Waals surface area contributed by atoms with Crippen molar-refractivity contribution in [3.63, 3.8) is 0 Å². The molecule has 3 aromatic rings. The summed E-state index contributed by atoms with van der Waals surface area (Å²) < 4.78 is 14.1. The molecule has 1 heterocycles. The first-order valence-electron chi connectivity index (χ1n) is 6.49. The summed E-state index contributed by atoms with van der Waals surface area (Å²) in [4.78, 5) is 3.19. The van der Waals surface area contributed by atoms with Crippen LogP contribution < -0.4 is 11.3 Å². The van der Waals surface area contributed by atoms with Crippen molar-refractivity contribution in [3.8, 4) is 0 Å². The van der Waals surface area contributed by atoms with Crippen LogP contribution in [0.5, 0.6) is 0 Å². The van der Waals surface area contributed by atoms with Crippen LogP contribution in [0.2, 0.25) is 0 Å². The summed E-state index contributed by atoms with van der Waals surface area (Å²) in [7, 11) is 0. The van der Waals surface area contributed by atoms with Crippen molar-refractivity contribution in [1.82, 2.24) is 10.4 Å². The molecule has 0 amide bonds. The van der Waals surface area contributed by atoms with E-state index in [-0.39, 0.29) is 11.9 Å². The number of rotatable bonds is 3. The number of fused-ring (bicyclic) bond motifs is 1. The number of aromatic amines is 1. The summed E-state index contributed by atoms with van der Waals surface area (Å²) in [6.07, 6.45) is 1.87. The number of benzene rings is 2. The quantitative estimate of drug-likeness (QED) is 0.505. The van der Waals surface area contributed by atoms with E-state index in [1.54, 1.807) is 6.07 Å². The van der Waals surface area contributed by atoms with Gasteiger partial charge in [0, 0.05) is 28.2 Å². The maximum atomic E-state index is 14.1. The summed E-state index contributed by atoms with van der Waals surface area (Å²) in [6, 6.07) is 12.6. The Hall–Kier alpha value is -2.17. The fourth-order valence-corrected chi connectivity index (χ4v) is 2.56. The highest BCUT2D eigenvalue weighted by molar-refractivity contribution is 5.84. The van der Waals surface area contributed by atoms with Gasteiger partial charge in [0.2, 0.25) is 0 Å². The highest BCUT2D eigenvalue weighted by Crippen LogP contribution is 2.30. The van der Waals surface area contributed by atoms with Crippen molar-refractivity contribution in [3.05, 3.63) is 71.2 Å². The van der Waals surface area contributed by atoms with E-state index < -0.39 is 0 Å². The summed E-state index contributed by atoms with van der Waals surface area (Å²) in [5.74, 6) is 5.42. The topological polar surface area (TPSA) is 53.8 Å². The van der Waals surface area contributed by atoms with Crippen molar-refractivity contribution < 1.29 is 4.39 Å². The fraction of sp³-hybridized carbons (Fsp3) is 0.125. The molecule has 0 aliphatic carbocycles. The average Bonchev–Trinajstić information content (AvgIpc) is 2.88. The predicted molar refractivity (Wildman–Crippen MR) is 78.6 cm³/mol. The van der Waals surface area contributed by atoms with Gasteiger partial charge in [-0.1, -0.05) is 35.9 Å². The predicted octanol–water partition coefficient (Wildman–Crippen LogP) is 3.17. The molecule has 0 aliphatic heterocycles. The number of H-pyrrole nitrogens is 1. The van der Waals surface area contributed by atoms with Gasteiger partial charge in [0.15, 0.2) is 0 Å². The van der Waals surface area contributed by atoms with Crippen LogP contribution >= 0.6 is 0 Å². The Balaban J connectivity index is 2.16. The van der Waals surface area contributed by atoms with Crippen LogP contribution in [0.4, 0.5) is 4.39 Å². The van der Waals surface area contributed by atoms with Crippen molar-refractivity contribution >= 4 is 10.9 Å². The van der Waals surface area contributed by atoms with Gasteiger partial charge in [-0.3, -0.25) is 5.84 Å². The molecule has 4 N–H and O–H groups in total. The first-order chi connectivity index (χ1) is 9.70. The number of aryl methyl sites for hydroxylation is 1. The lowest BCUT2D eigenvalue weighted by atomic mass is 9.97. The lowest BCUT2D eigenvalue weighted by Gasteiger charge is -2.17. The van der Waals surface area contributed by atoms with Crippen LogP contribution in [0, 0.1) is 12.7 Å². The molecule has 1 unspecified atom stereocenters. The monoisotopic (exact) mass is 269 g/mol. The Bertz CT molecular complexity index is 748. The molecule has 0 radical (unpaired) electrons. The Morgan fingerprint density at radius 1 is 1.15 bits per heavy atom. The minimum Gasteiger partial charge on any atom is -0.361 e. The Morgan fingerprint density at radius 2 is 1.95 bits per heavy atom. The normalized spacial score (nSPS) is 12.8. The van der Waals surface area contributed by atoms with Gasteiger partial charge in [0.05, 0.1) is 6.04 Å². The standard InChI is InChI=1S/C16H16FN3/c1-10-6-7-14(17)12(8-10)16(20-18)13-9-19-15-5-3-2-4-11(13)15/h2-9,16,19-20H,18H2,1H3. The highest BCUT2D eigenvalue weighted by atomic mass is 19.1. The molecule has 0 fully saturated rings. The maximum Gasteiger partial charge on any atom is 0.128 e. The molecular weight excluding hydrogens is 253 g/mol. The maximum absolute atomic E-state index is 14.1. The summed E-state index contributed by atoms with van der Waals surface area (Å²) in [5.41, 5.74) is 6.22. The van der Waals surface area contributed by atoms with E-state index in [1.807, 2.05) is 43.5 Å². The molecule has 2 aromatic carbocycles. The second kappa shape index (κ2) is 5.07. The minimum absolute atomic E-state index is 0.260. The van der Waals surface area contributed by atoms with Crippen LogP contribution in [-0.4, -0.2) is 4.98 Å². The third kappa shape index (κ3) is 2.09. The molecule has 20 heavy (non-hydrogen) atoms. The number of hydrogen-bond acceptors (Lipinski definition) is 2. The number of nitrogens with two attached hydrogens (primary N) is 1. The SMILES string of the molecule is Cc1ccc(F)c(C(NN)c2c[nH]c3ccccc23)c1. The van der Waals surface area contributed by atoms with E-state index in [9.17, 15) is 4.39 Å². The molecule has 0 saturated heterocycles. The molecule has 102 valence electrons. The van der Waals surface area contributed by atoms with Gasteiger partial charge in [0.1, 0.15) is 5.82 Å². The number of aromatic nitrogens is 1. The van der Waals surface area contributed by atoms with Crippen LogP contribution in [-0.2, 0) is 0 Å². The van der Waals surface area contributed by atoms with Gasteiger partial charge in [-0.25, -0.2) is 9.82 Å². The van der Waals surface area contributed by atoms with E-state index in [2.05, 4.69) is 10.4 Å². The second-order valence-corrected chi connectivity index (χ2v) is 4.91. The smallest absolute Gasteiger partial charge is 0.128 e. The number of para-hydroxylation sites is 1. The zero-order chi connectivity index (χ0) is 14.1. The fourth-order valence-electron chi connectivity index (χ4n) is 2.56. The van der Waals surface area contributed by atoms with Gasteiger partial charge in [-0.05, 0) is 19.1 Å². The Labute approximate surface area is 116 Å². The second-order valence-electron chi connectivity index (χ2n) is 4.91. The van der Waals surface area contributed by atoms with Crippen molar-refractivity contribution in [1.29, 1.82) is 0 Å². The van der Waals surface area contributed by atoms with E-state index in [1.165, 1.54) is 6.07 Å². The number of halogens is 1. The number of nitrogens with one attached hydrogen (secondary N) is 2. The van der Waals surface area contributed by atoms with Crippen LogP contribution in [0.15, 0.2) is 48.7 Å². The first-order valence-corrected chi connectivity index (χ1v) is 6.49. The van der Waals surface area contributed by atoms with E-state index >= 15 is 0 Å².